The van der Waals surface area contributed by atoms with Gasteiger partial charge in [-0.3, -0.25) is 4.99 Å². The number of hydrogen-bond donors (Lipinski definition) is 2. The Bertz CT molecular complexity index is 682. The standard InChI is InChI=1S/C17H24FN5S/c1-17(2,24-4)11-22-16(19-3)21-10-13-5-6-15(14(18)9-13)23-8-7-20-12-23/h5-9,12H,10-11H2,1-4H3,(H2,19,21,22). The van der Waals surface area contributed by atoms with E-state index in [1.807, 2.05) is 6.07 Å². The highest BCUT2D eigenvalue weighted by molar-refractivity contribution is 7.99. The van der Waals surface area contributed by atoms with Gasteiger partial charge in [0.1, 0.15) is 5.82 Å². The number of imidazole rings is 1. The number of nitrogens with zero attached hydrogens (tertiary/aromatic N) is 3. The summed E-state index contributed by atoms with van der Waals surface area (Å²) in [6, 6.07) is 5.17. The predicted molar refractivity (Wildman–Crippen MR) is 99.3 cm³/mol. The summed E-state index contributed by atoms with van der Waals surface area (Å²) in [7, 11) is 1.73. The summed E-state index contributed by atoms with van der Waals surface area (Å²) >= 11 is 1.79. The zero-order chi connectivity index (χ0) is 17.6. The van der Waals surface area contributed by atoms with Crippen LogP contribution >= 0.6 is 11.8 Å². The Morgan fingerprint density at radius 2 is 2.17 bits per heavy atom. The van der Waals surface area contributed by atoms with Crippen molar-refractivity contribution in [3.05, 3.63) is 48.3 Å². The maximum absolute atomic E-state index is 14.2. The third-order valence-corrected chi connectivity index (χ3v) is 4.96. The van der Waals surface area contributed by atoms with E-state index in [1.54, 1.807) is 48.2 Å². The molecule has 0 saturated carbocycles. The van der Waals surface area contributed by atoms with Gasteiger partial charge in [0.15, 0.2) is 5.96 Å². The Morgan fingerprint density at radius 1 is 1.38 bits per heavy atom. The number of rotatable bonds is 6. The zero-order valence-electron chi connectivity index (χ0n) is 14.5. The summed E-state index contributed by atoms with van der Waals surface area (Å²) in [4.78, 5) is 8.14. The Hall–Kier alpha value is -2.02. The summed E-state index contributed by atoms with van der Waals surface area (Å²) < 4.78 is 16.0. The molecule has 1 aromatic heterocycles. The molecule has 0 aliphatic carbocycles. The molecule has 2 rings (SSSR count). The van der Waals surface area contributed by atoms with Gasteiger partial charge in [0.05, 0.1) is 12.0 Å². The van der Waals surface area contributed by atoms with E-state index in [-0.39, 0.29) is 10.6 Å². The number of aliphatic imine (C=N–C) groups is 1. The number of halogens is 1. The van der Waals surface area contributed by atoms with E-state index in [9.17, 15) is 4.39 Å². The van der Waals surface area contributed by atoms with Gasteiger partial charge in [-0.05, 0) is 37.8 Å². The van der Waals surface area contributed by atoms with Crippen LogP contribution in [0.3, 0.4) is 0 Å². The van der Waals surface area contributed by atoms with E-state index in [1.165, 1.54) is 6.07 Å². The van der Waals surface area contributed by atoms with E-state index >= 15 is 0 Å². The van der Waals surface area contributed by atoms with Crippen LogP contribution in [-0.4, -0.2) is 40.1 Å². The molecule has 5 nitrogen and oxygen atoms in total. The van der Waals surface area contributed by atoms with Crippen LogP contribution in [0.4, 0.5) is 4.39 Å². The summed E-state index contributed by atoms with van der Waals surface area (Å²) in [5.74, 6) is 0.426. The number of guanidine groups is 1. The van der Waals surface area contributed by atoms with E-state index in [0.717, 1.165) is 12.1 Å². The number of aromatic nitrogens is 2. The lowest BCUT2D eigenvalue weighted by molar-refractivity contribution is 0.614. The summed E-state index contributed by atoms with van der Waals surface area (Å²) in [6.07, 6.45) is 7.01. The van der Waals surface area contributed by atoms with Crippen LogP contribution in [0.25, 0.3) is 5.69 Å². The summed E-state index contributed by atoms with van der Waals surface area (Å²) in [5.41, 5.74) is 1.34. The molecule has 24 heavy (non-hydrogen) atoms. The van der Waals surface area contributed by atoms with Crippen LogP contribution in [0.2, 0.25) is 0 Å². The fourth-order valence-corrected chi connectivity index (χ4v) is 2.26. The van der Waals surface area contributed by atoms with E-state index < -0.39 is 0 Å². The first kappa shape index (κ1) is 18.3. The number of hydrogen-bond acceptors (Lipinski definition) is 3. The Labute approximate surface area is 146 Å². The van der Waals surface area contributed by atoms with Crippen LogP contribution in [-0.2, 0) is 6.54 Å². The van der Waals surface area contributed by atoms with Crippen molar-refractivity contribution in [3.8, 4) is 5.69 Å². The molecule has 0 aliphatic heterocycles. The normalized spacial score (nSPS) is 12.3. The Morgan fingerprint density at radius 3 is 2.75 bits per heavy atom. The molecule has 0 aliphatic rings. The van der Waals surface area contributed by atoms with Gasteiger partial charge in [-0.1, -0.05) is 6.07 Å². The monoisotopic (exact) mass is 349 g/mol. The van der Waals surface area contributed by atoms with Gasteiger partial charge in [-0.2, -0.15) is 11.8 Å². The molecule has 0 saturated heterocycles. The third kappa shape index (κ3) is 4.99. The van der Waals surface area contributed by atoms with Gasteiger partial charge in [-0.15, -0.1) is 0 Å². The van der Waals surface area contributed by atoms with Gasteiger partial charge in [0.25, 0.3) is 0 Å². The Kier molecular flexibility index (Phi) is 6.25. The maximum Gasteiger partial charge on any atom is 0.191 e. The van der Waals surface area contributed by atoms with Crippen LogP contribution < -0.4 is 10.6 Å². The van der Waals surface area contributed by atoms with Gasteiger partial charge in [-0.25, -0.2) is 9.37 Å². The van der Waals surface area contributed by atoms with Gasteiger partial charge in [0.2, 0.25) is 0 Å². The lowest BCUT2D eigenvalue weighted by Crippen LogP contribution is -2.43. The molecule has 130 valence electrons. The smallest absolute Gasteiger partial charge is 0.191 e. The van der Waals surface area contributed by atoms with E-state index in [2.05, 4.69) is 40.7 Å². The average Bonchev–Trinajstić information content (AvgIpc) is 3.09. The van der Waals surface area contributed by atoms with Crippen molar-refractivity contribution in [2.24, 2.45) is 4.99 Å². The van der Waals surface area contributed by atoms with Crippen molar-refractivity contribution in [1.82, 2.24) is 20.2 Å². The van der Waals surface area contributed by atoms with Crippen LogP contribution in [0.5, 0.6) is 0 Å². The van der Waals surface area contributed by atoms with Gasteiger partial charge in [0, 0.05) is 37.3 Å². The largest absolute Gasteiger partial charge is 0.355 e. The second-order valence-corrected chi connectivity index (χ2v) is 7.51. The van der Waals surface area contributed by atoms with Crippen molar-refractivity contribution < 1.29 is 4.39 Å². The quantitative estimate of drug-likeness (QED) is 0.622. The fourth-order valence-electron chi connectivity index (χ4n) is 2.05. The maximum atomic E-state index is 14.2. The molecule has 0 bridgehead atoms. The molecule has 0 radical (unpaired) electrons. The average molecular weight is 349 g/mol. The molecule has 0 fully saturated rings. The minimum Gasteiger partial charge on any atom is -0.355 e. The SMILES string of the molecule is CN=C(NCc1ccc(-n2ccnc2)c(F)c1)NCC(C)(C)SC. The molecule has 2 aromatic rings. The molecule has 7 heteroatoms. The van der Waals surface area contributed by atoms with E-state index in [0.29, 0.717) is 18.2 Å². The summed E-state index contributed by atoms with van der Waals surface area (Å²) in [6.45, 7) is 5.63. The number of nitrogens with one attached hydrogen (secondary N) is 2. The first-order chi connectivity index (χ1) is 11.4. The number of thioether (sulfide) groups is 1. The minimum atomic E-state index is -0.279. The lowest BCUT2D eigenvalue weighted by Gasteiger charge is -2.23. The van der Waals surface area contributed by atoms with Crippen molar-refractivity contribution in [2.45, 2.75) is 25.1 Å². The van der Waals surface area contributed by atoms with Crippen molar-refractivity contribution in [1.29, 1.82) is 0 Å². The van der Waals surface area contributed by atoms with Crippen LogP contribution in [0, 0.1) is 5.82 Å². The minimum absolute atomic E-state index is 0.121. The van der Waals surface area contributed by atoms with Gasteiger partial charge >= 0.3 is 0 Å². The lowest BCUT2D eigenvalue weighted by atomic mass is 10.2. The van der Waals surface area contributed by atoms with Crippen LogP contribution in [0.15, 0.2) is 41.9 Å². The summed E-state index contributed by atoms with van der Waals surface area (Å²) in [5, 5.41) is 6.50. The van der Waals surface area contributed by atoms with Crippen molar-refractivity contribution in [3.63, 3.8) is 0 Å². The molecule has 2 N–H and O–H groups in total. The Balaban J connectivity index is 1.95. The number of benzene rings is 1. The first-order valence-electron chi connectivity index (χ1n) is 7.71. The van der Waals surface area contributed by atoms with Gasteiger partial charge < -0.3 is 15.2 Å². The molecule has 1 heterocycles. The fraction of sp³-hybridized carbons (Fsp3) is 0.412. The van der Waals surface area contributed by atoms with Crippen molar-refractivity contribution in [2.75, 3.05) is 19.8 Å². The molecule has 1 aromatic carbocycles. The zero-order valence-corrected chi connectivity index (χ0v) is 15.3. The first-order valence-corrected chi connectivity index (χ1v) is 8.94. The topological polar surface area (TPSA) is 54.2 Å². The highest BCUT2D eigenvalue weighted by atomic mass is 32.2. The molecule has 0 amide bonds. The molecular weight excluding hydrogens is 325 g/mol. The molecule has 0 spiro atoms. The van der Waals surface area contributed by atoms with E-state index in [4.69, 9.17) is 0 Å². The highest BCUT2D eigenvalue weighted by Gasteiger charge is 2.16. The third-order valence-electron chi connectivity index (χ3n) is 3.71. The predicted octanol–water partition coefficient (Wildman–Crippen LogP) is 2.82. The van der Waals surface area contributed by atoms with Crippen molar-refractivity contribution >= 4 is 17.7 Å². The highest BCUT2D eigenvalue weighted by Crippen LogP contribution is 2.19. The molecular formula is C17H24FN5S. The second-order valence-electron chi connectivity index (χ2n) is 6.00. The molecule has 0 unspecified atom stereocenters. The second kappa shape index (κ2) is 8.19. The van der Waals surface area contributed by atoms with Crippen LogP contribution in [0.1, 0.15) is 19.4 Å². The molecule has 0 atom stereocenters.